The van der Waals surface area contributed by atoms with E-state index in [0.717, 1.165) is 0 Å². The first kappa shape index (κ1) is 9.32. The maximum absolute atomic E-state index is 11.3. The monoisotopic (exact) mass is 230 g/mol. The van der Waals surface area contributed by atoms with Crippen LogP contribution in [0.4, 0.5) is 5.69 Å². The third kappa shape index (κ3) is 1.24. The molecule has 0 aliphatic heterocycles. The molecule has 0 aliphatic rings. The molecule has 72 valence electrons. The quantitative estimate of drug-likeness (QED) is 0.428. The predicted octanol–water partition coefficient (Wildman–Crippen LogP) is 2.52. The maximum atomic E-state index is 11.3. The van der Waals surface area contributed by atoms with Gasteiger partial charge in [-0.2, -0.15) is 4.98 Å². The molecule has 5 nitrogen and oxygen atoms in total. The van der Waals surface area contributed by atoms with Gasteiger partial charge in [-0.05, 0) is 16.8 Å². The molecule has 1 aromatic heterocycles. The Bertz CT molecular complexity index is 525. The Labute approximate surface area is 85.9 Å². The van der Waals surface area contributed by atoms with Crippen molar-refractivity contribution in [1.82, 2.24) is 4.98 Å². The van der Waals surface area contributed by atoms with Gasteiger partial charge in [0.15, 0.2) is 5.02 Å². The lowest BCUT2D eigenvalue weighted by atomic mass is 10.3. The van der Waals surface area contributed by atoms with Crippen molar-refractivity contribution in [1.29, 1.82) is 0 Å². The second-order valence-corrected chi connectivity index (χ2v) is 4.13. The maximum Gasteiger partial charge on any atom is 0.293 e. The van der Waals surface area contributed by atoms with Crippen LogP contribution in [-0.4, -0.2) is 14.5 Å². The van der Waals surface area contributed by atoms with Crippen LogP contribution in [0.3, 0.4) is 0 Å². The van der Waals surface area contributed by atoms with Crippen molar-refractivity contribution in [2.75, 3.05) is 0 Å². The van der Waals surface area contributed by atoms with Gasteiger partial charge in [-0.1, -0.05) is 11.6 Å². The Morgan fingerprint density at radius 2 is 2.21 bits per heavy atom. The zero-order valence-electron chi connectivity index (χ0n) is 6.64. The van der Waals surface area contributed by atoms with Gasteiger partial charge in [0.1, 0.15) is 5.52 Å². The lowest BCUT2D eigenvalue weighted by molar-refractivity contribution is -0.384. The molecule has 14 heavy (non-hydrogen) atoms. The van der Waals surface area contributed by atoms with Crippen LogP contribution in [0.5, 0.6) is 0 Å². The molecule has 1 atom stereocenters. The molecule has 0 saturated heterocycles. The molecule has 0 saturated carbocycles. The molecule has 1 heterocycles. The minimum Gasteiger partial charge on any atom is -0.589 e. The number of benzene rings is 1. The summed E-state index contributed by atoms with van der Waals surface area (Å²) in [6, 6.07) is 2.68. The zero-order valence-corrected chi connectivity index (χ0v) is 8.21. The number of rotatable bonds is 1. The van der Waals surface area contributed by atoms with E-state index in [4.69, 9.17) is 11.6 Å². The topological polar surface area (TPSA) is 79.1 Å². The highest BCUT2D eigenvalue weighted by molar-refractivity contribution is 7.30. The summed E-state index contributed by atoms with van der Waals surface area (Å²) in [5.41, 5.74) is 1.39. The molecular formula is C7H3ClN2O3S. The minimum atomic E-state index is -1.46. The molecule has 0 N–H and O–H groups in total. The highest BCUT2D eigenvalue weighted by atomic mass is 35.5. The molecule has 0 amide bonds. The van der Waals surface area contributed by atoms with Crippen molar-refractivity contribution in [2.45, 2.75) is 0 Å². The minimum absolute atomic E-state index is 0.0941. The molecule has 0 fully saturated rings. The van der Waals surface area contributed by atoms with Gasteiger partial charge in [0, 0.05) is 6.07 Å². The number of hydrogen-bond donors (Lipinski definition) is 0. The Morgan fingerprint density at radius 1 is 1.50 bits per heavy atom. The van der Waals surface area contributed by atoms with Crippen molar-refractivity contribution in [3.05, 3.63) is 32.8 Å². The Hall–Kier alpha value is -1.24. The highest BCUT2D eigenvalue weighted by Crippen LogP contribution is 2.38. The van der Waals surface area contributed by atoms with Gasteiger partial charge in [-0.25, -0.2) is 0 Å². The van der Waals surface area contributed by atoms with E-state index >= 15 is 0 Å². The fourth-order valence-electron chi connectivity index (χ4n) is 1.13. The molecule has 0 bridgehead atoms. The van der Waals surface area contributed by atoms with E-state index in [9.17, 15) is 14.7 Å². The summed E-state index contributed by atoms with van der Waals surface area (Å²) in [6.45, 7) is 0. The normalized spacial score (nSPS) is 12.0. The van der Waals surface area contributed by atoms with Crippen LogP contribution in [-0.2, 0) is 0 Å². The van der Waals surface area contributed by atoms with E-state index < -0.39 is 15.7 Å². The van der Waals surface area contributed by atoms with E-state index in [-0.39, 0.29) is 15.4 Å². The second kappa shape index (κ2) is 3.16. The third-order valence-corrected chi connectivity index (χ3v) is 3.35. The number of halogens is 1. The first-order valence-corrected chi connectivity index (χ1v) is 5.12. The number of thiazole rings is 1. The van der Waals surface area contributed by atoms with Crippen LogP contribution >= 0.6 is 22.4 Å². The molecular weight excluding hydrogens is 228 g/mol. The van der Waals surface area contributed by atoms with E-state index in [1.807, 2.05) is 0 Å². The van der Waals surface area contributed by atoms with E-state index in [1.54, 1.807) is 0 Å². The first-order chi connectivity index (χ1) is 6.61. The van der Waals surface area contributed by atoms with Gasteiger partial charge in [0.25, 0.3) is 5.69 Å². The van der Waals surface area contributed by atoms with Crippen molar-refractivity contribution >= 4 is 38.3 Å². The summed E-state index contributed by atoms with van der Waals surface area (Å²) in [6.07, 6.45) is 0. The van der Waals surface area contributed by atoms with Crippen LogP contribution in [0.15, 0.2) is 17.6 Å². The van der Waals surface area contributed by atoms with Crippen molar-refractivity contribution in [3.63, 3.8) is 0 Å². The van der Waals surface area contributed by atoms with Gasteiger partial charge >= 0.3 is 0 Å². The van der Waals surface area contributed by atoms with Gasteiger partial charge < -0.3 is 4.55 Å². The van der Waals surface area contributed by atoms with E-state index in [0.29, 0.717) is 5.52 Å². The predicted molar refractivity (Wildman–Crippen MR) is 52.1 cm³/mol. The standard InChI is InChI=1S/C7H3ClN2O3S/c8-6-5(10(11)12)2-1-4-7(6)14(13)3-9-4/h1-3H. The second-order valence-electron chi connectivity index (χ2n) is 2.54. The summed E-state index contributed by atoms with van der Waals surface area (Å²) < 4.78 is 11.5. The summed E-state index contributed by atoms with van der Waals surface area (Å²) in [7, 11) is -1.46. The van der Waals surface area contributed by atoms with Gasteiger partial charge in [0.2, 0.25) is 10.2 Å². The highest BCUT2D eigenvalue weighted by Gasteiger charge is 2.21. The van der Waals surface area contributed by atoms with Gasteiger partial charge in [0.05, 0.1) is 4.92 Å². The number of nitrogens with zero attached hydrogens (tertiary/aromatic N) is 2. The summed E-state index contributed by atoms with van der Waals surface area (Å²) >= 11 is 5.73. The van der Waals surface area contributed by atoms with Crippen LogP contribution in [0.25, 0.3) is 10.2 Å². The SMILES string of the molecule is O=[N+]([O-])c1ccc2nc[s+]([O-])c2c1Cl. The average molecular weight is 231 g/mol. The number of hydrogen-bond acceptors (Lipinski definition) is 4. The van der Waals surface area contributed by atoms with Crippen LogP contribution in [0, 0.1) is 10.1 Å². The number of nitro benzene ring substituents is 1. The molecule has 0 radical (unpaired) electrons. The smallest absolute Gasteiger partial charge is 0.293 e. The van der Waals surface area contributed by atoms with Crippen molar-refractivity contribution in [2.24, 2.45) is 0 Å². The lowest BCUT2D eigenvalue weighted by Gasteiger charge is -1.94. The fraction of sp³-hybridized carbons (Fsp3) is 0. The lowest BCUT2D eigenvalue weighted by Crippen LogP contribution is -1.88. The molecule has 7 heteroatoms. The number of aromatic nitrogens is 1. The zero-order chi connectivity index (χ0) is 10.3. The number of nitro groups is 1. The Balaban J connectivity index is 2.86. The molecule has 0 spiro atoms. The average Bonchev–Trinajstić information content (AvgIpc) is 2.48. The van der Waals surface area contributed by atoms with Crippen molar-refractivity contribution < 1.29 is 9.48 Å². The van der Waals surface area contributed by atoms with E-state index in [1.165, 1.54) is 17.6 Å². The van der Waals surface area contributed by atoms with Gasteiger partial charge in [-0.3, -0.25) is 10.1 Å². The molecule has 0 aliphatic carbocycles. The fourth-order valence-corrected chi connectivity index (χ4v) is 2.51. The number of fused-ring (bicyclic) bond motifs is 1. The largest absolute Gasteiger partial charge is 0.589 e. The third-order valence-electron chi connectivity index (χ3n) is 1.74. The Morgan fingerprint density at radius 3 is 2.86 bits per heavy atom. The van der Waals surface area contributed by atoms with Crippen LogP contribution < -0.4 is 0 Å². The van der Waals surface area contributed by atoms with Crippen molar-refractivity contribution in [3.8, 4) is 0 Å². The Kier molecular flexibility index (Phi) is 2.10. The summed E-state index contributed by atoms with van der Waals surface area (Å²) in [4.78, 5) is 13.7. The van der Waals surface area contributed by atoms with Crippen LogP contribution in [0.2, 0.25) is 5.02 Å². The summed E-state index contributed by atoms with van der Waals surface area (Å²) in [5.74, 6) is 0. The van der Waals surface area contributed by atoms with Crippen LogP contribution in [0.1, 0.15) is 0 Å². The van der Waals surface area contributed by atoms with E-state index in [2.05, 4.69) is 4.98 Å². The van der Waals surface area contributed by atoms with Gasteiger partial charge in [-0.15, -0.1) is 0 Å². The first-order valence-electron chi connectivity index (χ1n) is 3.53. The molecule has 2 aromatic rings. The summed E-state index contributed by atoms with van der Waals surface area (Å²) in [5, 5.41) is 10.4. The molecule has 1 unspecified atom stereocenters. The molecule has 1 aromatic carbocycles. The molecule has 2 rings (SSSR count).